The van der Waals surface area contributed by atoms with E-state index in [4.69, 9.17) is 5.26 Å². The Morgan fingerprint density at radius 2 is 1.62 bits per heavy atom. The number of halogens is 1. The molecule has 21 heavy (non-hydrogen) atoms. The summed E-state index contributed by atoms with van der Waals surface area (Å²) >= 11 is 0. The average Bonchev–Trinajstić information content (AvgIpc) is 2.55. The van der Waals surface area contributed by atoms with Gasteiger partial charge in [-0.2, -0.15) is 9.65 Å². The Kier molecular flexibility index (Phi) is 6.49. The van der Waals surface area contributed by atoms with Gasteiger partial charge in [-0.3, -0.25) is 0 Å². The zero-order chi connectivity index (χ0) is 15.1. The molecule has 0 heterocycles. The maximum Gasteiger partial charge on any atom is 0.199 e. The van der Waals surface area contributed by atoms with Crippen molar-refractivity contribution in [1.82, 2.24) is 0 Å². The quantitative estimate of drug-likeness (QED) is 0.464. The lowest BCUT2D eigenvalue weighted by Crippen LogP contribution is -2.25. The minimum absolute atomic E-state index is 0.580. The predicted octanol–water partition coefficient (Wildman–Crippen LogP) is 5.94. The molecule has 0 atom stereocenters. The monoisotopic (exact) mass is 289 g/mol. The van der Waals surface area contributed by atoms with Crippen LogP contribution in [0.2, 0.25) is 0 Å². The summed E-state index contributed by atoms with van der Waals surface area (Å²) in [4.78, 5) is 0. The fourth-order valence-electron chi connectivity index (χ4n) is 4.21. The van der Waals surface area contributed by atoms with Crippen molar-refractivity contribution in [3.63, 3.8) is 0 Å². The lowest BCUT2D eigenvalue weighted by molar-refractivity contribution is 0.154. The van der Waals surface area contributed by atoms with Gasteiger partial charge in [-0.25, -0.2) is 0 Å². The molecule has 0 aromatic carbocycles. The van der Waals surface area contributed by atoms with Crippen LogP contribution in [0.1, 0.15) is 64.7 Å². The average molecular weight is 289 g/mol. The van der Waals surface area contributed by atoms with Crippen LogP contribution < -0.4 is 0 Å². The molecule has 0 aromatic heterocycles. The molecule has 2 aliphatic carbocycles. The van der Waals surface area contributed by atoms with Crippen molar-refractivity contribution in [2.45, 2.75) is 64.7 Å². The van der Waals surface area contributed by atoms with Crippen molar-refractivity contribution in [2.24, 2.45) is 23.7 Å². The summed E-state index contributed by atoms with van der Waals surface area (Å²) < 4.78 is 12.7. The minimum atomic E-state index is -0.701. The molecule has 2 saturated carbocycles. The highest BCUT2D eigenvalue weighted by molar-refractivity contribution is 5.19. The van der Waals surface area contributed by atoms with Gasteiger partial charge >= 0.3 is 0 Å². The Morgan fingerprint density at radius 1 is 1.05 bits per heavy atom. The molecular weight excluding hydrogens is 261 g/mol. The zero-order valence-corrected chi connectivity index (χ0v) is 13.2. The Balaban J connectivity index is 1.72. The van der Waals surface area contributed by atoms with Crippen LogP contribution in [-0.2, 0) is 0 Å². The van der Waals surface area contributed by atoms with Gasteiger partial charge < -0.3 is 0 Å². The molecule has 0 aromatic rings. The van der Waals surface area contributed by atoms with E-state index in [-0.39, 0.29) is 0 Å². The first-order chi connectivity index (χ1) is 10.2. The topological polar surface area (TPSA) is 23.8 Å². The van der Waals surface area contributed by atoms with Crippen molar-refractivity contribution in [1.29, 1.82) is 5.26 Å². The smallest absolute Gasteiger partial charge is 0.195 e. The Labute approximate surface area is 128 Å². The van der Waals surface area contributed by atoms with E-state index in [9.17, 15) is 4.39 Å². The summed E-state index contributed by atoms with van der Waals surface area (Å²) in [5.41, 5.74) is 0. The molecule has 2 heteroatoms. The van der Waals surface area contributed by atoms with Crippen LogP contribution in [0.4, 0.5) is 4.39 Å². The van der Waals surface area contributed by atoms with Gasteiger partial charge in [0.25, 0.3) is 0 Å². The maximum absolute atomic E-state index is 12.7. The van der Waals surface area contributed by atoms with Crippen LogP contribution in [0.5, 0.6) is 0 Å². The number of hydrogen-bond donors (Lipinski definition) is 0. The summed E-state index contributed by atoms with van der Waals surface area (Å²) in [5, 5.41) is 8.36. The third-order valence-electron chi connectivity index (χ3n) is 5.68. The Bertz CT molecular complexity index is 402. The molecule has 2 fully saturated rings. The highest BCUT2D eigenvalue weighted by Crippen LogP contribution is 2.42. The fourth-order valence-corrected chi connectivity index (χ4v) is 4.21. The molecule has 0 aliphatic heterocycles. The number of nitrogens with zero attached hydrogens (tertiary/aromatic N) is 1. The molecule has 0 spiro atoms. The largest absolute Gasteiger partial charge is 0.199 e. The highest BCUT2D eigenvalue weighted by atomic mass is 19.1. The van der Waals surface area contributed by atoms with Crippen LogP contribution in [0.25, 0.3) is 0 Å². The summed E-state index contributed by atoms with van der Waals surface area (Å²) in [5.74, 6) is 2.76. The van der Waals surface area contributed by atoms with E-state index in [1.54, 1.807) is 6.08 Å². The van der Waals surface area contributed by atoms with E-state index >= 15 is 0 Å². The third kappa shape index (κ3) is 4.99. The van der Waals surface area contributed by atoms with Gasteiger partial charge in [0.15, 0.2) is 5.83 Å². The maximum atomic E-state index is 12.7. The summed E-state index contributed by atoms with van der Waals surface area (Å²) in [6.45, 7) is 2.33. The molecule has 2 aliphatic rings. The van der Waals surface area contributed by atoms with Crippen molar-refractivity contribution in [3.8, 4) is 6.07 Å². The van der Waals surface area contributed by atoms with Crippen molar-refractivity contribution < 1.29 is 4.39 Å². The van der Waals surface area contributed by atoms with Crippen molar-refractivity contribution in [2.75, 3.05) is 0 Å². The van der Waals surface area contributed by atoms with Crippen molar-refractivity contribution in [3.05, 3.63) is 24.1 Å². The number of hydrogen-bond acceptors (Lipinski definition) is 1. The second kappa shape index (κ2) is 8.37. The SMILES string of the molecule is CCC1CCC(C2CCC(C=CC=C(F)C#N)CC2)CC1. The molecule has 0 amide bonds. The second-order valence-corrected chi connectivity index (χ2v) is 6.88. The second-order valence-electron chi connectivity index (χ2n) is 6.88. The van der Waals surface area contributed by atoms with Crippen LogP contribution in [-0.4, -0.2) is 0 Å². The van der Waals surface area contributed by atoms with Gasteiger partial charge in [-0.05, 0) is 68.3 Å². The number of rotatable bonds is 4. The Hall–Kier alpha value is -1.10. The van der Waals surface area contributed by atoms with Gasteiger partial charge in [0.1, 0.15) is 6.07 Å². The lowest BCUT2D eigenvalue weighted by Gasteiger charge is -2.37. The number of allylic oxidation sites excluding steroid dienone is 4. The highest BCUT2D eigenvalue weighted by Gasteiger charge is 2.29. The van der Waals surface area contributed by atoms with E-state index in [0.29, 0.717) is 5.92 Å². The molecule has 0 radical (unpaired) electrons. The molecule has 0 saturated heterocycles. The summed E-state index contributed by atoms with van der Waals surface area (Å²) in [6.07, 6.45) is 17.3. The molecule has 0 unspecified atom stereocenters. The fraction of sp³-hybridized carbons (Fsp3) is 0.737. The van der Waals surface area contributed by atoms with Crippen molar-refractivity contribution >= 4 is 0 Å². The van der Waals surface area contributed by atoms with E-state index in [0.717, 1.165) is 17.8 Å². The van der Waals surface area contributed by atoms with Crippen LogP contribution in [0, 0.1) is 35.0 Å². The molecule has 116 valence electrons. The van der Waals surface area contributed by atoms with E-state index in [1.165, 1.54) is 69.9 Å². The molecule has 0 bridgehead atoms. The minimum Gasteiger partial charge on any atom is -0.195 e. The normalized spacial score (nSPS) is 34.8. The predicted molar refractivity (Wildman–Crippen MR) is 85.1 cm³/mol. The number of nitriles is 1. The van der Waals surface area contributed by atoms with E-state index < -0.39 is 5.83 Å². The third-order valence-corrected chi connectivity index (χ3v) is 5.68. The first kappa shape index (κ1) is 16.3. The van der Waals surface area contributed by atoms with Crippen LogP contribution in [0.3, 0.4) is 0 Å². The van der Waals surface area contributed by atoms with Gasteiger partial charge in [0, 0.05) is 0 Å². The molecule has 1 nitrogen and oxygen atoms in total. The molecule has 0 N–H and O–H groups in total. The Morgan fingerprint density at radius 3 is 2.14 bits per heavy atom. The zero-order valence-electron chi connectivity index (χ0n) is 13.2. The van der Waals surface area contributed by atoms with Crippen LogP contribution >= 0.6 is 0 Å². The lowest BCUT2D eigenvalue weighted by atomic mass is 9.69. The first-order valence-corrected chi connectivity index (χ1v) is 8.67. The summed E-state index contributed by atoms with van der Waals surface area (Å²) in [7, 11) is 0. The standard InChI is InChI=1S/C19H28FN/c1-2-15-6-10-17(11-7-15)18-12-8-16(9-13-18)4-3-5-19(20)14-21/h3-5,15-18H,2,6-13H2,1H3. The molecule has 2 rings (SSSR count). The molecular formula is C19H28FN. The first-order valence-electron chi connectivity index (χ1n) is 8.67. The van der Waals surface area contributed by atoms with Gasteiger partial charge in [-0.15, -0.1) is 0 Å². The van der Waals surface area contributed by atoms with E-state index in [2.05, 4.69) is 13.0 Å². The van der Waals surface area contributed by atoms with Gasteiger partial charge in [0.2, 0.25) is 0 Å². The van der Waals surface area contributed by atoms with Gasteiger partial charge in [-0.1, -0.05) is 38.3 Å². The van der Waals surface area contributed by atoms with Gasteiger partial charge in [0.05, 0.1) is 0 Å². The van der Waals surface area contributed by atoms with Crippen LogP contribution in [0.15, 0.2) is 24.1 Å². The van der Waals surface area contributed by atoms with E-state index in [1.807, 2.05) is 0 Å². The summed E-state index contributed by atoms with van der Waals surface area (Å²) in [6, 6.07) is 1.50.